The summed E-state index contributed by atoms with van der Waals surface area (Å²) in [6, 6.07) is 4.91. The Hall–Kier alpha value is -2.17. The Balaban J connectivity index is 1.99. The molecule has 1 N–H and O–H groups in total. The van der Waals surface area contributed by atoms with Crippen LogP contribution in [0.4, 0.5) is 10.5 Å². The second kappa shape index (κ2) is 10.7. The molecule has 1 heterocycles. The Bertz CT molecular complexity index is 847. The monoisotopic (exact) mass is 440 g/mol. The Morgan fingerprint density at radius 1 is 1.10 bits per heavy atom. The molecule has 9 nitrogen and oxygen atoms in total. The fourth-order valence-electron chi connectivity index (χ4n) is 3.37. The summed E-state index contributed by atoms with van der Waals surface area (Å²) >= 11 is 0. The van der Waals surface area contributed by atoms with Crippen molar-refractivity contribution in [3.8, 4) is 0 Å². The molecule has 30 heavy (non-hydrogen) atoms. The van der Waals surface area contributed by atoms with Crippen LogP contribution in [0, 0.1) is 6.92 Å². The lowest BCUT2D eigenvalue weighted by Gasteiger charge is -2.33. The minimum absolute atomic E-state index is 0.169. The van der Waals surface area contributed by atoms with Gasteiger partial charge < -0.3 is 15.0 Å². The number of benzene rings is 1. The molecule has 1 fully saturated rings. The van der Waals surface area contributed by atoms with Crippen LogP contribution in [0.15, 0.2) is 23.1 Å². The van der Waals surface area contributed by atoms with Gasteiger partial charge in [-0.15, -0.1) is 0 Å². The van der Waals surface area contributed by atoms with Gasteiger partial charge >= 0.3 is 6.09 Å². The molecular weight excluding hydrogens is 408 g/mol. The number of sulfonamides is 1. The van der Waals surface area contributed by atoms with E-state index in [4.69, 9.17) is 4.74 Å². The van der Waals surface area contributed by atoms with Gasteiger partial charge in [-0.25, -0.2) is 13.2 Å². The highest BCUT2D eigenvalue weighted by atomic mass is 32.2. The number of amides is 2. The van der Waals surface area contributed by atoms with Gasteiger partial charge in [0.1, 0.15) is 0 Å². The molecule has 1 aromatic rings. The minimum atomic E-state index is -3.61. The quantitative estimate of drug-likeness (QED) is 0.661. The maximum Gasteiger partial charge on any atom is 0.409 e. The van der Waals surface area contributed by atoms with Crippen LogP contribution in [0.2, 0.25) is 0 Å². The molecule has 0 aromatic heterocycles. The van der Waals surface area contributed by atoms with E-state index in [9.17, 15) is 18.0 Å². The lowest BCUT2D eigenvalue weighted by molar-refractivity contribution is -0.117. The minimum Gasteiger partial charge on any atom is -0.450 e. The maximum atomic E-state index is 12.9. The van der Waals surface area contributed by atoms with Crippen LogP contribution < -0.4 is 5.32 Å². The zero-order chi connectivity index (χ0) is 22.3. The fraction of sp³-hybridized carbons (Fsp3) is 0.600. The average molecular weight is 441 g/mol. The lowest BCUT2D eigenvalue weighted by atomic mass is 10.2. The number of hydrogen-bond acceptors (Lipinski definition) is 6. The van der Waals surface area contributed by atoms with Gasteiger partial charge in [0.2, 0.25) is 15.9 Å². The van der Waals surface area contributed by atoms with Crippen LogP contribution in [-0.2, 0) is 19.6 Å². The van der Waals surface area contributed by atoms with Crippen LogP contribution in [0.25, 0.3) is 0 Å². The van der Waals surface area contributed by atoms with Gasteiger partial charge in [-0.05, 0) is 31.5 Å². The predicted octanol–water partition coefficient (Wildman–Crippen LogP) is 1.74. The number of nitrogens with zero attached hydrogens (tertiary/aromatic N) is 3. The molecule has 10 heteroatoms. The molecule has 1 aromatic carbocycles. The largest absolute Gasteiger partial charge is 0.450 e. The molecular formula is C20H32N4O5S. The number of rotatable bonds is 8. The van der Waals surface area contributed by atoms with Gasteiger partial charge in [-0.3, -0.25) is 9.69 Å². The van der Waals surface area contributed by atoms with Gasteiger partial charge in [-0.1, -0.05) is 19.9 Å². The highest BCUT2D eigenvalue weighted by Gasteiger charge is 2.25. The topological polar surface area (TPSA) is 99.3 Å². The van der Waals surface area contributed by atoms with Gasteiger partial charge in [0.05, 0.1) is 18.0 Å². The summed E-state index contributed by atoms with van der Waals surface area (Å²) < 4.78 is 32.1. The Morgan fingerprint density at radius 2 is 1.73 bits per heavy atom. The zero-order valence-corrected chi connectivity index (χ0v) is 19.0. The molecule has 0 radical (unpaired) electrons. The van der Waals surface area contributed by atoms with E-state index in [0.717, 1.165) is 0 Å². The number of anilines is 1. The average Bonchev–Trinajstić information content (AvgIpc) is 2.70. The van der Waals surface area contributed by atoms with Crippen molar-refractivity contribution in [1.29, 1.82) is 0 Å². The summed E-state index contributed by atoms with van der Waals surface area (Å²) in [4.78, 5) is 28.0. The highest BCUT2D eigenvalue weighted by molar-refractivity contribution is 7.89. The molecule has 0 unspecified atom stereocenters. The smallest absolute Gasteiger partial charge is 0.409 e. The van der Waals surface area contributed by atoms with Gasteiger partial charge in [0.25, 0.3) is 0 Å². The third-order valence-electron chi connectivity index (χ3n) is 5.06. The second-order valence-electron chi connectivity index (χ2n) is 7.08. The van der Waals surface area contributed by atoms with Gasteiger partial charge in [0.15, 0.2) is 0 Å². The van der Waals surface area contributed by atoms with E-state index in [0.29, 0.717) is 57.1 Å². The number of carbonyl (C=O) groups excluding carboxylic acids is 2. The summed E-state index contributed by atoms with van der Waals surface area (Å²) in [5.74, 6) is -0.227. The molecule has 0 saturated carbocycles. The number of piperazine rings is 1. The standard InChI is InChI=1S/C20H32N4O5S/c1-5-24(6-2)30(27,28)18-14-17(9-8-16(18)4)21-19(25)15-22-10-12-23(13-11-22)20(26)29-7-3/h8-9,14H,5-7,10-13,15H2,1-4H3,(H,21,25). The van der Waals surface area contributed by atoms with Crippen LogP contribution in [0.1, 0.15) is 26.3 Å². The number of nitrogens with one attached hydrogen (secondary N) is 1. The Labute approximate surface area is 179 Å². The van der Waals surface area contributed by atoms with E-state index < -0.39 is 10.0 Å². The van der Waals surface area contributed by atoms with E-state index >= 15 is 0 Å². The van der Waals surface area contributed by atoms with Crippen molar-refractivity contribution >= 4 is 27.7 Å². The number of carbonyl (C=O) groups is 2. The van der Waals surface area contributed by atoms with E-state index in [1.807, 2.05) is 4.90 Å². The number of aryl methyl sites for hydroxylation is 1. The lowest BCUT2D eigenvalue weighted by Crippen LogP contribution is -2.50. The first-order chi connectivity index (χ1) is 14.2. The number of ether oxygens (including phenoxy) is 1. The fourth-order valence-corrected chi connectivity index (χ4v) is 5.07. The molecule has 168 valence electrons. The number of hydrogen-bond donors (Lipinski definition) is 1. The third-order valence-corrected chi connectivity index (χ3v) is 7.25. The van der Waals surface area contributed by atoms with E-state index in [1.165, 1.54) is 10.4 Å². The Kier molecular flexibility index (Phi) is 8.63. The molecule has 1 aliphatic heterocycles. The van der Waals surface area contributed by atoms with E-state index in [2.05, 4.69) is 5.32 Å². The summed E-state index contributed by atoms with van der Waals surface area (Å²) in [6.07, 6.45) is -0.330. The predicted molar refractivity (Wildman–Crippen MR) is 115 cm³/mol. The van der Waals surface area contributed by atoms with Crippen molar-refractivity contribution in [2.45, 2.75) is 32.6 Å². The maximum absolute atomic E-state index is 12.9. The van der Waals surface area contributed by atoms with Crippen LogP contribution >= 0.6 is 0 Å². The van der Waals surface area contributed by atoms with Crippen molar-refractivity contribution in [1.82, 2.24) is 14.1 Å². The Morgan fingerprint density at radius 3 is 2.30 bits per heavy atom. The van der Waals surface area contributed by atoms with E-state index in [1.54, 1.807) is 44.7 Å². The van der Waals surface area contributed by atoms with Crippen molar-refractivity contribution in [2.75, 3.05) is 57.7 Å². The SMILES string of the molecule is CCOC(=O)N1CCN(CC(=O)Nc2ccc(C)c(S(=O)(=O)N(CC)CC)c2)CC1. The van der Waals surface area contributed by atoms with Gasteiger partial charge in [-0.2, -0.15) is 4.31 Å². The molecule has 1 aliphatic rings. The molecule has 0 bridgehead atoms. The van der Waals surface area contributed by atoms with E-state index in [-0.39, 0.29) is 23.4 Å². The van der Waals surface area contributed by atoms with Crippen molar-refractivity contribution < 1.29 is 22.7 Å². The summed E-state index contributed by atoms with van der Waals surface area (Å²) in [6.45, 7) is 10.5. The van der Waals surface area contributed by atoms with Crippen molar-refractivity contribution in [3.05, 3.63) is 23.8 Å². The summed E-state index contributed by atoms with van der Waals surface area (Å²) in [5, 5.41) is 2.79. The summed E-state index contributed by atoms with van der Waals surface area (Å²) in [5.41, 5.74) is 1.08. The molecule has 1 saturated heterocycles. The normalized spacial score (nSPS) is 15.3. The molecule has 0 atom stereocenters. The molecule has 2 amide bonds. The zero-order valence-electron chi connectivity index (χ0n) is 18.2. The second-order valence-corrected chi connectivity index (χ2v) is 8.99. The van der Waals surface area contributed by atoms with Crippen molar-refractivity contribution in [3.63, 3.8) is 0 Å². The first-order valence-corrected chi connectivity index (χ1v) is 11.7. The molecule has 0 aliphatic carbocycles. The highest BCUT2D eigenvalue weighted by Crippen LogP contribution is 2.23. The summed E-state index contributed by atoms with van der Waals surface area (Å²) in [7, 11) is -3.61. The van der Waals surface area contributed by atoms with Crippen molar-refractivity contribution in [2.24, 2.45) is 0 Å². The third kappa shape index (κ3) is 5.93. The molecule has 2 rings (SSSR count). The van der Waals surface area contributed by atoms with Crippen LogP contribution in [0.5, 0.6) is 0 Å². The first kappa shape index (κ1) is 24.1. The van der Waals surface area contributed by atoms with Gasteiger partial charge in [0, 0.05) is 45.0 Å². The first-order valence-electron chi connectivity index (χ1n) is 10.3. The molecule has 0 spiro atoms. The van der Waals surface area contributed by atoms with Crippen LogP contribution in [0.3, 0.4) is 0 Å². The van der Waals surface area contributed by atoms with Crippen LogP contribution in [-0.4, -0.2) is 86.9 Å².